The molecule has 0 saturated carbocycles. The third kappa shape index (κ3) is 3.34. The number of carbonyl (C=O) groups excluding carboxylic acids is 1. The van der Waals surface area contributed by atoms with E-state index in [2.05, 4.69) is 27.9 Å². The van der Waals surface area contributed by atoms with Crippen LogP contribution in [-0.2, 0) is 4.79 Å². The van der Waals surface area contributed by atoms with Crippen LogP contribution in [0, 0.1) is 6.92 Å². The second kappa shape index (κ2) is 4.60. The van der Waals surface area contributed by atoms with Crippen molar-refractivity contribution in [2.45, 2.75) is 17.8 Å². The summed E-state index contributed by atoms with van der Waals surface area (Å²) in [5.74, 6) is 0.0458. The molecular weight excluding hydrogens is 277 g/mol. The lowest BCUT2D eigenvalue weighted by Gasteiger charge is -2.06. The third-order valence-electron chi connectivity index (χ3n) is 1.68. The highest BCUT2D eigenvalue weighted by molar-refractivity contribution is 14.1. The van der Waals surface area contributed by atoms with Crippen LogP contribution in [0.3, 0.4) is 0 Å². The van der Waals surface area contributed by atoms with E-state index in [1.54, 1.807) is 0 Å². The lowest BCUT2D eigenvalue weighted by Crippen LogP contribution is -2.19. The van der Waals surface area contributed by atoms with Gasteiger partial charge in [-0.3, -0.25) is 4.79 Å². The van der Waals surface area contributed by atoms with Gasteiger partial charge in [-0.25, -0.2) is 0 Å². The first kappa shape index (κ1) is 10.5. The molecule has 1 aromatic rings. The number of hydrogen-bond donors (Lipinski definition) is 1. The Morgan fingerprint density at radius 2 is 1.92 bits per heavy atom. The zero-order valence-corrected chi connectivity index (χ0v) is 9.83. The van der Waals surface area contributed by atoms with E-state index in [0.29, 0.717) is 0 Å². The molecule has 0 heterocycles. The lowest BCUT2D eigenvalue weighted by molar-refractivity contribution is -0.115. The summed E-state index contributed by atoms with van der Waals surface area (Å²) in [5, 5.41) is 2.82. The summed E-state index contributed by atoms with van der Waals surface area (Å²) in [6.45, 7) is 3.89. The first-order chi connectivity index (χ1) is 6.09. The fourth-order valence-corrected chi connectivity index (χ4v) is 1.03. The normalized spacial score (nSPS) is 12.2. The molecule has 0 fully saturated rings. The van der Waals surface area contributed by atoms with Crippen molar-refractivity contribution in [3.63, 3.8) is 0 Å². The van der Waals surface area contributed by atoms with Crippen LogP contribution >= 0.6 is 22.6 Å². The number of hydrogen-bond acceptors (Lipinski definition) is 1. The third-order valence-corrected chi connectivity index (χ3v) is 2.25. The Balaban J connectivity index is 2.65. The molecule has 0 aliphatic carbocycles. The van der Waals surface area contributed by atoms with Crippen LogP contribution < -0.4 is 5.32 Å². The van der Waals surface area contributed by atoms with Gasteiger partial charge in [0.15, 0.2) is 0 Å². The van der Waals surface area contributed by atoms with Crippen LogP contribution in [0.1, 0.15) is 12.5 Å². The molecule has 13 heavy (non-hydrogen) atoms. The molecule has 0 aliphatic heterocycles. The maximum Gasteiger partial charge on any atom is 0.237 e. The highest BCUT2D eigenvalue weighted by Gasteiger charge is 2.07. The van der Waals surface area contributed by atoms with Gasteiger partial charge in [0.05, 0.1) is 3.92 Å². The molecular formula is C10H12INO. The highest BCUT2D eigenvalue weighted by atomic mass is 127. The molecule has 0 aliphatic rings. The second-order valence-electron chi connectivity index (χ2n) is 2.97. The maximum absolute atomic E-state index is 11.3. The smallest absolute Gasteiger partial charge is 0.237 e. The molecule has 3 heteroatoms. The Morgan fingerprint density at radius 3 is 2.38 bits per heavy atom. The number of anilines is 1. The monoisotopic (exact) mass is 289 g/mol. The van der Waals surface area contributed by atoms with Crippen LogP contribution in [0.25, 0.3) is 0 Å². The van der Waals surface area contributed by atoms with Crippen molar-refractivity contribution < 1.29 is 4.79 Å². The summed E-state index contributed by atoms with van der Waals surface area (Å²) in [7, 11) is 0. The van der Waals surface area contributed by atoms with Gasteiger partial charge in [-0.2, -0.15) is 0 Å². The molecule has 1 amide bonds. The van der Waals surface area contributed by atoms with Gasteiger partial charge in [-0.1, -0.05) is 40.3 Å². The van der Waals surface area contributed by atoms with Crippen LogP contribution in [0.4, 0.5) is 5.69 Å². The number of carbonyl (C=O) groups is 1. The Bertz CT molecular complexity index is 292. The zero-order valence-electron chi connectivity index (χ0n) is 7.67. The van der Waals surface area contributed by atoms with E-state index in [0.717, 1.165) is 5.69 Å². The van der Waals surface area contributed by atoms with E-state index in [1.807, 2.05) is 38.1 Å². The number of rotatable bonds is 2. The first-order valence-corrected chi connectivity index (χ1v) is 5.36. The minimum absolute atomic E-state index is 0.00102. The van der Waals surface area contributed by atoms with Gasteiger partial charge < -0.3 is 5.32 Å². The first-order valence-electron chi connectivity index (χ1n) is 4.11. The van der Waals surface area contributed by atoms with Crippen molar-refractivity contribution in [3.8, 4) is 0 Å². The van der Waals surface area contributed by atoms with Crippen molar-refractivity contribution in [1.82, 2.24) is 0 Å². The molecule has 1 aromatic carbocycles. The molecule has 70 valence electrons. The van der Waals surface area contributed by atoms with Gasteiger partial charge in [0.25, 0.3) is 0 Å². The molecule has 1 rings (SSSR count). The van der Waals surface area contributed by atoms with Gasteiger partial charge in [0, 0.05) is 5.69 Å². The molecule has 2 nitrogen and oxygen atoms in total. The second-order valence-corrected chi connectivity index (χ2v) is 4.84. The Kier molecular flexibility index (Phi) is 3.71. The fourth-order valence-electron chi connectivity index (χ4n) is 0.879. The van der Waals surface area contributed by atoms with E-state index in [-0.39, 0.29) is 9.83 Å². The minimum atomic E-state index is -0.00102. The quantitative estimate of drug-likeness (QED) is 0.658. The summed E-state index contributed by atoms with van der Waals surface area (Å²) in [6, 6.07) is 7.78. The number of halogens is 1. The van der Waals surface area contributed by atoms with Crippen LogP contribution in [-0.4, -0.2) is 9.83 Å². The largest absolute Gasteiger partial charge is 0.325 e. The molecule has 1 atom stereocenters. The standard InChI is InChI=1S/C10H12INO/c1-7-3-5-9(6-4-7)12-10(13)8(2)11/h3-6,8H,1-2H3,(H,12,13)/t8-/m1/s1. The van der Waals surface area contributed by atoms with E-state index in [4.69, 9.17) is 0 Å². The van der Waals surface area contributed by atoms with E-state index in [1.165, 1.54) is 5.56 Å². The number of benzene rings is 1. The summed E-state index contributed by atoms with van der Waals surface area (Å²) < 4.78 is -0.00102. The van der Waals surface area contributed by atoms with Crippen molar-refractivity contribution in [1.29, 1.82) is 0 Å². The average molecular weight is 289 g/mol. The fraction of sp³-hybridized carbons (Fsp3) is 0.300. The van der Waals surface area contributed by atoms with Gasteiger partial charge in [-0.15, -0.1) is 0 Å². The van der Waals surface area contributed by atoms with Crippen LogP contribution in [0.15, 0.2) is 24.3 Å². The number of nitrogens with one attached hydrogen (secondary N) is 1. The minimum Gasteiger partial charge on any atom is -0.325 e. The van der Waals surface area contributed by atoms with Gasteiger partial charge in [0.1, 0.15) is 0 Å². The molecule has 1 N–H and O–H groups in total. The zero-order chi connectivity index (χ0) is 9.84. The molecule has 0 saturated heterocycles. The summed E-state index contributed by atoms with van der Waals surface area (Å²) in [5.41, 5.74) is 2.06. The van der Waals surface area contributed by atoms with Gasteiger partial charge >= 0.3 is 0 Å². The number of amides is 1. The van der Waals surface area contributed by atoms with Crippen LogP contribution in [0.2, 0.25) is 0 Å². The van der Waals surface area contributed by atoms with Crippen LogP contribution in [0.5, 0.6) is 0 Å². The molecule has 0 radical (unpaired) electrons. The van der Waals surface area contributed by atoms with E-state index >= 15 is 0 Å². The van der Waals surface area contributed by atoms with E-state index in [9.17, 15) is 4.79 Å². The predicted molar refractivity (Wildman–Crippen MR) is 63.3 cm³/mol. The molecule has 0 spiro atoms. The van der Waals surface area contributed by atoms with Gasteiger partial charge in [0.2, 0.25) is 5.91 Å². The summed E-state index contributed by atoms with van der Waals surface area (Å²) >= 11 is 2.09. The Labute approximate surface area is 91.9 Å². The maximum atomic E-state index is 11.3. The molecule has 0 unspecified atom stereocenters. The molecule has 0 bridgehead atoms. The van der Waals surface area contributed by atoms with Crippen molar-refractivity contribution in [2.75, 3.05) is 5.32 Å². The Hall–Kier alpha value is -0.580. The Morgan fingerprint density at radius 1 is 1.38 bits per heavy atom. The SMILES string of the molecule is Cc1ccc(NC(=O)[C@@H](C)I)cc1. The number of aryl methyl sites for hydroxylation is 1. The summed E-state index contributed by atoms with van der Waals surface area (Å²) in [6.07, 6.45) is 0. The lowest BCUT2D eigenvalue weighted by atomic mass is 10.2. The van der Waals surface area contributed by atoms with E-state index < -0.39 is 0 Å². The average Bonchev–Trinajstić information content (AvgIpc) is 2.08. The van der Waals surface area contributed by atoms with Crippen molar-refractivity contribution >= 4 is 34.2 Å². The van der Waals surface area contributed by atoms with Crippen molar-refractivity contribution in [2.24, 2.45) is 0 Å². The topological polar surface area (TPSA) is 29.1 Å². The highest BCUT2D eigenvalue weighted by Crippen LogP contribution is 2.10. The van der Waals surface area contributed by atoms with Gasteiger partial charge in [-0.05, 0) is 26.0 Å². The number of alkyl halides is 1. The predicted octanol–water partition coefficient (Wildman–Crippen LogP) is 2.76. The molecule has 0 aromatic heterocycles. The summed E-state index contributed by atoms with van der Waals surface area (Å²) in [4.78, 5) is 11.3. The van der Waals surface area contributed by atoms with Crippen molar-refractivity contribution in [3.05, 3.63) is 29.8 Å².